The maximum Gasteiger partial charge on any atom is 0.319 e. The Labute approximate surface area is 122 Å². The molecule has 1 aliphatic rings. The quantitative estimate of drug-likeness (QED) is 0.705. The van der Waals surface area contributed by atoms with Crippen LogP contribution in [0.2, 0.25) is 0 Å². The van der Waals surface area contributed by atoms with Gasteiger partial charge in [0, 0.05) is 10.9 Å². The van der Waals surface area contributed by atoms with Gasteiger partial charge in [-0.05, 0) is 37.1 Å². The Morgan fingerprint density at radius 1 is 1.40 bits per heavy atom. The summed E-state index contributed by atoms with van der Waals surface area (Å²) in [5, 5.41) is 14.4. The number of amides is 2. The Hall–Kier alpha value is -1.69. The molecule has 0 heterocycles. The SMILES string of the molecule is CSc1ccccc1NC(=O)NC(CC(=O)O)C1CC1. The fraction of sp³-hybridized carbons (Fsp3) is 0.429. The monoisotopic (exact) mass is 294 g/mol. The van der Waals surface area contributed by atoms with Gasteiger partial charge in [0.1, 0.15) is 0 Å². The molecule has 3 N–H and O–H groups in total. The summed E-state index contributed by atoms with van der Waals surface area (Å²) in [5.41, 5.74) is 0.738. The lowest BCUT2D eigenvalue weighted by atomic mass is 10.1. The molecule has 108 valence electrons. The summed E-state index contributed by atoms with van der Waals surface area (Å²) in [6.07, 6.45) is 3.89. The number of carbonyl (C=O) groups excluding carboxylic acids is 1. The lowest BCUT2D eigenvalue weighted by Crippen LogP contribution is -2.40. The predicted octanol–water partition coefficient (Wildman–Crippen LogP) is 2.78. The maximum atomic E-state index is 12.0. The van der Waals surface area contributed by atoms with Crippen LogP contribution in [0.4, 0.5) is 10.5 Å². The van der Waals surface area contributed by atoms with Gasteiger partial charge in [0.2, 0.25) is 0 Å². The lowest BCUT2D eigenvalue weighted by molar-refractivity contribution is -0.137. The van der Waals surface area contributed by atoms with E-state index in [1.54, 1.807) is 11.8 Å². The number of carboxylic acid groups (broad SMARTS) is 1. The van der Waals surface area contributed by atoms with Gasteiger partial charge in [-0.2, -0.15) is 0 Å². The highest BCUT2D eigenvalue weighted by Gasteiger charge is 2.33. The Kier molecular flexibility index (Phi) is 4.89. The average molecular weight is 294 g/mol. The van der Waals surface area contributed by atoms with Crippen LogP contribution in [0.1, 0.15) is 19.3 Å². The fourth-order valence-corrected chi connectivity index (χ4v) is 2.65. The second-order valence-corrected chi connectivity index (χ2v) is 5.69. The normalized spacial score (nSPS) is 15.4. The Morgan fingerprint density at radius 3 is 2.70 bits per heavy atom. The van der Waals surface area contributed by atoms with Gasteiger partial charge in [-0.15, -0.1) is 11.8 Å². The van der Waals surface area contributed by atoms with Crippen LogP contribution in [0.5, 0.6) is 0 Å². The number of para-hydroxylation sites is 1. The molecular formula is C14H18N2O3S. The minimum Gasteiger partial charge on any atom is -0.481 e. The van der Waals surface area contributed by atoms with Gasteiger partial charge >= 0.3 is 12.0 Å². The van der Waals surface area contributed by atoms with Crippen molar-refractivity contribution >= 4 is 29.4 Å². The van der Waals surface area contributed by atoms with E-state index >= 15 is 0 Å². The first kappa shape index (κ1) is 14.7. The molecular weight excluding hydrogens is 276 g/mol. The summed E-state index contributed by atoms with van der Waals surface area (Å²) in [7, 11) is 0. The van der Waals surface area contributed by atoms with Crippen LogP contribution in [0.25, 0.3) is 0 Å². The lowest BCUT2D eigenvalue weighted by Gasteiger charge is -2.17. The zero-order chi connectivity index (χ0) is 14.5. The molecule has 1 atom stereocenters. The van der Waals surface area contributed by atoms with Crippen LogP contribution < -0.4 is 10.6 Å². The topological polar surface area (TPSA) is 78.4 Å². The van der Waals surface area contributed by atoms with Gasteiger partial charge in [0.15, 0.2) is 0 Å². The van der Waals surface area contributed by atoms with Crippen molar-refractivity contribution in [1.29, 1.82) is 0 Å². The van der Waals surface area contributed by atoms with Crippen molar-refractivity contribution in [3.05, 3.63) is 24.3 Å². The van der Waals surface area contributed by atoms with Gasteiger partial charge in [0.25, 0.3) is 0 Å². The molecule has 1 unspecified atom stereocenters. The van der Waals surface area contributed by atoms with E-state index in [9.17, 15) is 9.59 Å². The highest BCUT2D eigenvalue weighted by molar-refractivity contribution is 7.98. The van der Waals surface area contributed by atoms with Crippen molar-refractivity contribution in [2.75, 3.05) is 11.6 Å². The molecule has 1 saturated carbocycles. The molecule has 0 saturated heterocycles. The first-order valence-corrected chi connectivity index (χ1v) is 7.75. The van der Waals surface area contributed by atoms with E-state index in [1.807, 2.05) is 30.5 Å². The highest BCUT2D eigenvalue weighted by Crippen LogP contribution is 2.34. The summed E-state index contributed by atoms with van der Waals surface area (Å²) in [4.78, 5) is 23.8. The highest BCUT2D eigenvalue weighted by atomic mass is 32.2. The Morgan fingerprint density at radius 2 is 2.10 bits per heavy atom. The number of thioether (sulfide) groups is 1. The molecule has 1 aromatic carbocycles. The van der Waals surface area contributed by atoms with Crippen molar-refractivity contribution < 1.29 is 14.7 Å². The molecule has 0 aromatic heterocycles. The zero-order valence-electron chi connectivity index (χ0n) is 11.3. The van der Waals surface area contributed by atoms with Gasteiger partial charge in [-0.3, -0.25) is 4.79 Å². The number of nitrogens with one attached hydrogen (secondary N) is 2. The number of benzene rings is 1. The van der Waals surface area contributed by atoms with Crippen molar-refractivity contribution in [1.82, 2.24) is 5.32 Å². The second-order valence-electron chi connectivity index (χ2n) is 4.84. The Balaban J connectivity index is 1.95. The number of carbonyl (C=O) groups is 2. The number of carboxylic acids is 1. The largest absolute Gasteiger partial charge is 0.481 e. The number of anilines is 1. The minimum absolute atomic E-state index is 0.0255. The average Bonchev–Trinajstić information content (AvgIpc) is 3.22. The minimum atomic E-state index is -0.883. The number of rotatable bonds is 6. The van der Waals surface area contributed by atoms with Crippen LogP contribution in [0.15, 0.2) is 29.2 Å². The van der Waals surface area contributed by atoms with Crippen LogP contribution in [0, 0.1) is 5.92 Å². The molecule has 5 nitrogen and oxygen atoms in total. The molecule has 1 fully saturated rings. The number of hydrogen-bond donors (Lipinski definition) is 3. The van der Waals surface area contributed by atoms with E-state index in [4.69, 9.17) is 5.11 Å². The van der Waals surface area contributed by atoms with E-state index < -0.39 is 5.97 Å². The predicted molar refractivity (Wildman–Crippen MR) is 79.1 cm³/mol. The first-order chi connectivity index (χ1) is 9.60. The van der Waals surface area contributed by atoms with E-state index in [2.05, 4.69) is 10.6 Å². The summed E-state index contributed by atoms with van der Waals surface area (Å²) >= 11 is 1.55. The molecule has 0 spiro atoms. The number of urea groups is 1. The molecule has 1 aliphatic carbocycles. The van der Waals surface area contributed by atoms with Crippen LogP contribution in [-0.4, -0.2) is 29.4 Å². The van der Waals surface area contributed by atoms with Crippen LogP contribution in [-0.2, 0) is 4.79 Å². The second kappa shape index (κ2) is 6.65. The summed E-state index contributed by atoms with van der Waals surface area (Å²) < 4.78 is 0. The van der Waals surface area contributed by atoms with Gasteiger partial charge in [0.05, 0.1) is 12.1 Å². The van der Waals surface area contributed by atoms with Gasteiger partial charge in [-0.1, -0.05) is 12.1 Å². The smallest absolute Gasteiger partial charge is 0.319 e. The molecule has 6 heteroatoms. The van der Waals surface area contributed by atoms with E-state index in [0.717, 1.165) is 23.4 Å². The van der Waals surface area contributed by atoms with Crippen molar-refractivity contribution in [3.63, 3.8) is 0 Å². The zero-order valence-corrected chi connectivity index (χ0v) is 12.1. The maximum absolute atomic E-state index is 12.0. The molecule has 2 rings (SSSR count). The Bertz CT molecular complexity index is 503. The molecule has 0 aliphatic heterocycles. The van der Waals surface area contributed by atoms with Crippen LogP contribution >= 0.6 is 11.8 Å². The third kappa shape index (κ3) is 4.16. The van der Waals surface area contributed by atoms with Gasteiger partial charge < -0.3 is 15.7 Å². The summed E-state index contributed by atoms with van der Waals surface area (Å²) in [6.45, 7) is 0. The third-order valence-corrected chi connectivity index (χ3v) is 4.05. The molecule has 1 aromatic rings. The van der Waals surface area contributed by atoms with E-state index in [0.29, 0.717) is 5.92 Å². The van der Waals surface area contributed by atoms with Crippen molar-refractivity contribution in [3.8, 4) is 0 Å². The molecule has 0 radical (unpaired) electrons. The molecule has 0 bridgehead atoms. The van der Waals surface area contributed by atoms with E-state index in [1.165, 1.54) is 0 Å². The number of hydrogen-bond acceptors (Lipinski definition) is 3. The first-order valence-electron chi connectivity index (χ1n) is 6.52. The summed E-state index contributed by atoms with van der Waals surface area (Å²) in [5.74, 6) is -0.584. The van der Waals surface area contributed by atoms with E-state index in [-0.39, 0.29) is 18.5 Å². The van der Waals surface area contributed by atoms with Crippen molar-refractivity contribution in [2.45, 2.75) is 30.2 Å². The summed E-state index contributed by atoms with van der Waals surface area (Å²) in [6, 6.07) is 6.89. The number of aliphatic carboxylic acids is 1. The molecule has 20 heavy (non-hydrogen) atoms. The molecule has 2 amide bonds. The standard InChI is InChI=1S/C14H18N2O3S/c1-20-12-5-3-2-4-10(12)15-14(19)16-11(8-13(17)18)9-6-7-9/h2-5,9,11H,6-8H2,1H3,(H,17,18)(H2,15,16,19). The fourth-order valence-electron chi connectivity index (χ4n) is 2.10. The van der Waals surface area contributed by atoms with Crippen LogP contribution in [0.3, 0.4) is 0 Å². The van der Waals surface area contributed by atoms with Gasteiger partial charge in [-0.25, -0.2) is 4.79 Å². The van der Waals surface area contributed by atoms with Crippen molar-refractivity contribution in [2.24, 2.45) is 5.92 Å². The third-order valence-electron chi connectivity index (χ3n) is 3.26.